The number of carbonyl (C=O) groups excluding carboxylic acids is 2. The minimum atomic E-state index is -0.996. The number of ether oxygens (including phenoxy) is 2. The van der Waals surface area contributed by atoms with Crippen LogP contribution in [0.15, 0.2) is 12.2 Å². The van der Waals surface area contributed by atoms with Crippen molar-refractivity contribution < 1.29 is 19.1 Å². The third-order valence-electron chi connectivity index (χ3n) is 2.92. The molecule has 1 saturated carbocycles. The topological polar surface area (TPSA) is 64.6 Å². The summed E-state index contributed by atoms with van der Waals surface area (Å²) in [4.78, 5) is 23.8. The minimum absolute atomic E-state index is 0.0842. The van der Waals surface area contributed by atoms with E-state index in [1.807, 2.05) is 6.92 Å². The Kier molecular flexibility index (Phi) is 4.28. The maximum atomic E-state index is 12.0. The molecule has 0 spiro atoms. The van der Waals surface area contributed by atoms with Crippen LogP contribution >= 0.6 is 0 Å². The first kappa shape index (κ1) is 15.5. The second-order valence-electron chi connectivity index (χ2n) is 5.92. The van der Waals surface area contributed by atoms with E-state index in [-0.39, 0.29) is 12.5 Å². The van der Waals surface area contributed by atoms with E-state index in [1.165, 1.54) is 0 Å². The molecule has 0 aromatic carbocycles. The fourth-order valence-electron chi connectivity index (χ4n) is 2.02. The molecule has 0 heterocycles. The van der Waals surface area contributed by atoms with Crippen molar-refractivity contribution in [2.24, 2.45) is 5.92 Å². The van der Waals surface area contributed by atoms with E-state index in [9.17, 15) is 9.59 Å². The molecule has 1 aliphatic rings. The van der Waals surface area contributed by atoms with Gasteiger partial charge in [-0.1, -0.05) is 12.2 Å². The molecule has 0 aromatic rings. The number of hydrogen-bond acceptors (Lipinski definition) is 4. The fourth-order valence-corrected chi connectivity index (χ4v) is 2.02. The van der Waals surface area contributed by atoms with Crippen molar-refractivity contribution in [1.29, 1.82) is 0 Å². The van der Waals surface area contributed by atoms with Crippen LogP contribution in [0, 0.1) is 5.92 Å². The zero-order valence-electron chi connectivity index (χ0n) is 12.3. The summed E-state index contributed by atoms with van der Waals surface area (Å²) in [7, 11) is 0. The lowest BCUT2D eigenvalue weighted by Gasteiger charge is -2.23. The van der Waals surface area contributed by atoms with Gasteiger partial charge in [-0.3, -0.25) is 0 Å². The molecule has 0 saturated heterocycles. The molecular weight excluding hydrogens is 246 g/mol. The van der Waals surface area contributed by atoms with Gasteiger partial charge in [0.25, 0.3) is 0 Å². The van der Waals surface area contributed by atoms with Crippen LogP contribution < -0.4 is 5.32 Å². The highest BCUT2D eigenvalue weighted by Crippen LogP contribution is 2.48. The van der Waals surface area contributed by atoms with Gasteiger partial charge < -0.3 is 14.8 Å². The first-order valence-electron chi connectivity index (χ1n) is 6.46. The molecule has 0 aliphatic heterocycles. The highest BCUT2D eigenvalue weighted by atomic mass is 16.6. The largest absolute Gasteiger partial charge is 0.464 e. The predicted octanol–water partition coefficient (Wildman–Crippen LogP) is 2.41. The molecule has 1 rings (SSSR count). The van der Waals surface area contributed by atoms with Crippen molar-refractivity contribution in [2.45, 2.75) is 52.2 Å². The molecule has 1 amide bonds. The highest BCUT2D eigenvalue weighted by Gasteiger charge is 2.63. The van der Waals surface area contributed by atoms with Crippen molar-refractivity contribution in [3.63, 3.8) is 0 Å². The summed E-state index contributed by atoms with van der Waals surface area (Å²) in [6.07, 6.45) is -0.0928. The van der Waals surface area contributed by atoms with Crippen LogP contribution in [-0.2, 0) is 14.3 Å². The van der Waals surface area contributed by atoms with Crippen LogP contribution in [0.5, 0.6) is 0 Å². The third kappa shape index (κ3) is 3.72. The van der Waals surface area contributed by atoms with Gasteiger partial charge in [-0.05, 0) is 41.0 Å². The van der Waals surface area contributed by atoms with Gasteiger partial charge >= 0.3 is 12.1 Å². The predicted molar refractivity (Wildman–Crippen MR) is 71.7 cm³/mol. The number of esters is 1. The van der Waals surface area contributed by atoms with Crippen LogP contribution in [0.25, 0.3) is 0 Å². The standard InChI is InChI=1S/C14H23NO4/c1-7-18-11(16)14(8-10(14)9(2)3)15-12(17)19-13(4,5)6/h10H,2,7-8H2,1,3-6H3,(H,15,17)/t10-,14+/m1/s1. The van der Waals surface area contributed by atoms with Gasteiger partial charge in [-0.25, -0.2) is 9.59 Å². The molecular formula is C14H23NO4. The molecule has 108 valence electrons. The van der Waals surface area contributed by atoms with Crippen molar-refractivity contribution >= 4 is 12.1 Å². The average Bonchev–Trinajstić information content (AvgIpc) is 2.91. The summed E-state index contributed by atoms with van der Waals surface area (Å²) in [6, 6.07) is 0. The van der Waals surface area contributed by atoms with E-state index in [4.69, 9.17) is 9.47 Å². The SMILES string of the molecule is C=C(C)[C@H]1C[C@@]1(NC(=O)OC(C)(C)C)C(=O)OCC. The molecule has 2 atom stereocenters. The maximum Gasteiger partial charge on any atom is 0.408 e. The number of amides is 1. The Balaban J connectivity index is 2.76. The molecule has 0 unspecified atom stereocenters. The zero-order valence-corrected chi connectivity index (χ0v) is 12.3. The van der Waals surface area contributed by atoms with Crippen LogP contribution in [0.1, 0.15) is 41.0 Å². The summed E-state index contributed by atoms with van der Waals surface area (Å²) in [5.41, 5.74) is -0.748. The highest BCUT2D eigenvalue weighted by molar-refractivity contribution is 5.90. The Morgan fingerprint density at radius 2 is 2.00 bits per heavy atom. The molecule has 19 heavy (non-hydrogen) atoms. The number of hydrogen-bond donors (Lipinski definition) is 1. The Labute approximate surface area is 114 Å². The summed E-state index contributed by atoms with van der Waals surface area (Å²) in [5, 5.41) is 2.64. The first-order valence-corrected chi connectivity index (χ1v) is 6.46. The van der Waals surface area contributed by atoms with Crippen LogP contribution in [0.3, 0.4) is 0 Å². The Bertz CT molecular complexity index is 397. The molecule has 0 radical (unpaired) electrons. The second kappa shape index (κ2) is 5.23. The molecule has 1 fully saturated rings. The number of carbonyl (C=O) groups is 2. The lowest BCUT2D eigenvalue weighted by Crippen LogP contribution is -2.48. The van der Waals surface area contributed by atoms with Crippen molar-refractivity contribution in [3.8, 4) is 0 Å². The van der Waals surface area contributed by atoms with E-state index in [1.54, 1.807) is 27.7 Å². The van der Waals surface area contributed by atoms with Crippen LogP contribution in [0.4, 0.5) is 4.79 Å². The Morgan fingerprint density at radius 3 is 2.37 bits per heavy atom. The van der Waals surface area contributed by atoms with Crippen molar-refractivity contribution in [1.82, 2.24) is 5.32 Å². The van der Waals surface area contributed by atoms with Gasteiger partial charge in [0.05, 0.1) is 6.61 Å². The molecule has 0 aromatic heterocycles. The number of alkyl carbamates (subject to hydrolysis) is 1. The zero-order chi connectivity index (χ0) is 14.8. The number of rotatable bonds is 4. The molecule has 0 bridgehead atoms. The fraction of sp³-hybridized carbons (Fsp3) is 0.714. The van der Waals surface area contributed by atoms with E-state index in [0.717, 1.165) is 5.57 Å². The quantitative estimate of drug-likeness (QED) is 0.628. The van der Waals surface area contributed by atoms with Gasteiger partial charge in [-0.2, -0.15) is 0 Å². The molecule has 5 nitrogen and oxygen atoms in total. The van der Waals surface area contributed by atoms with Gasteiger partial charge in [0.15, 0.2) is 0 Å². The van der Waals surface area contributed by atoms with Crippen LogP contribution in [-0.4, -0.2) is 29.8 Å². The summed E-state index contributed by atoms with van der Waals surface area (Å²) in [5.74, 6) is -0.507. The Hall–Kier alpha value is -1.52. The smallest absolute Gasteiger partial charge is 0.408 e. The van der Waals surface area contributed by atoms with Gasteiger partial charge in [0, 0.05) is 5.92 Å². The third-order valence-corrected chi connectivity index (χ3v) is 2.92. The first-order chi connectivity index (χ1) is 8.62. The Morgan fingerprint density at radius 1 is 1.42 bits per heavy atom. The van der Waals surface area contributed by atoms with Gasteiger partial charge in [-0.15, -0.1) is 0 Å². The van der Waals surface area contributed by atoms with Gasteiger partial charge in [0.1, 0.15) is 11.1 Å². The molecule has 5 heteroatoms. The van der Waals surface area contributed by atoms with E-state index < -0.39 is 23.2 Å². The minimum Gasteiger partial charge on any atom is -0.464 e. The van der Waals surface area contributed by atoms with Crippen LogP contribution in [0.2, 0.25) is 0 Å². The normalized spacial score (nSPS) is 25.4. The maximum absolute atomic E-state index is 12.0. The van der Waals surface area contributed by atoms with E-state index in [2.05, 4.69) is 11.9 Å². The number of nitrogens with one attached hydrogen (secondary N) is 1. The van der Waals surface area contributed by atoms with E-state index >= 15 is 0 Å². The van der Waals surface area contributed by atoms with Crippen molar-refractivity contribution in [2.75, 3.05) is 6.61 Å². The monoisotopic (exact) mass is 269 g/mol. The summed E-state index contributed by atoms with van der Waals surface area (Å²) in [6.45, 7) is 13.0. The lowest BCUT2D eigenvalue weighted by molar-refractivity contribution is -0.147. The molecule has 1 aliphatic carbocycles. The summed E-state index contributed by atoms with van der Waals surface area (Å²) < 4.78 is 10.2. The second-order valence-corrected chi connectivity index (χ2v) is 5.92. The van der Waals surface area contributed by atoms with Gasteiger partial charge in [0.2, 0.25) is 0 Å². The van der Waals surface area contributed by atoms with E-state index in [0.29, 0.717) is 6.42 Å². The summed E-state index contributed by atoms with van der Waals surface area (Å²) >= 11 is 0. The molecule has 1 N–H and O–H groups in total. The van der Waals surface area contributed by atoms with Crippen molar-refractivity contribution in [3.05, 3.63) is 12.2 Å². The average molecular weight is 269 g/mol. The lowest BCUT2D eigenvalue weighted by atomic mass is 10.1.